The van der Waals surface area contributed by atoms with E-state index < -0.39 is 17.5 Å². The predicted octanol–water partition coefficient (Wildman–Crippen LogP) is 1.20. The van der Waals surface area contributed by atoms with E-state index in [9.17, 15) is 9.59 Å². The molecule has 0 aromatic heterocycles. The monoisotopic (exact) mass is 360 g/mol. The van der Waals surface area contributed by atoms with E-state index in [1.54, 1.807) is 34.7 Å². The standard InChI is InChI=1S/C12H14BIO4/c1-12(2,3)18-11(17)7-5-9(14)8(13)4-6(7)10(15)16/h4-5H,13H2,1-3H3,(H,15,16). The van der Waals surface area contributed by atoms with Gasteiger partial charge < -0.3 is 9.84 Å². The minimum atomic E-state index is -1.13. The van der Waals surface area contributed by atoms with Gasteiger partial charge in [-0.25, -0.2) is 9.59 Å². The lowest BCUT2D eigenvalue weighted by Crippen LogP contribution is -2.26. The molecular formula is C12H14BIO4. The van der Waals surface area contributed by atoms with Gasteiger partial charge >= 0.3 is 11.9 Å². The second kappa shape index (κ2) is 5.30. The zero-order chi connectivity index (χ0) is 14.1. The molecule has 0 bridgehead atoms. The third-order valence-electron chi connectivity index (χ3n) is 2.15. The van der Waals surface area contributed by atoms with E-state index in [-0.39, 0.29) is 11.1 Å². The van der Waals surface area contributed by atoms with Gasteiger partial charge in [-0.3, -0.25) is 0 Å². The first-order valence-electron chi connectivity index (χ1n) is 5.38. The number of hydrogen-bond donors (Lipinski definition) is 1. The van der Waals surface area contributed by atoms with Crippen molar-refractivity contribution in [1.29, 1.82) is 0 Å². The molecular weight excluding hydrogens is 346 g/mol. The third-order valence-corrected chi connectivity index (χ3v) is 3.31. The lowest BCUT2D eigenvalue weighted by Gasteiger charge is -2.20. The summed E-state index contributed by atoms with van der Waals surface area (Å²) in [5.41, 5.74) is 0.235. The summed E-state index contributed by atoms with van der Waals surface area (Å²) in [5.74, 6) is -1.74. The highest BCUT2D eigenvalue weighted by atomic mass is 127. The van der Waals surface area contributed by atoms with Crippen LogP contribution in [0.3, 0.4) is 0 Å². The second-order valence-corrected chi connectivity index (χ2v) is 6.12. The quantitative estimate of drug-likeness (QED) is 0.489. The Hall–Kier alpha value is -1.05. The molecule has 1 rings (SSSR count). The molecule has 0 aliphatic carbocycles. The second-order valence-electron chi connectivity index (χ2n) is 4.95. The summed E-state index contributed by atoms with van der Waals surface area (Å²) in [4.78, 5) is 23.1. The smallest absolute Gasteiger partial charge is 0.339 e. The van der Waals surface area contributed by atoms with E-state index in [0.29, 0.717) is 0 Å². The van der Waals surface area contributed by atoms with Crippen molar-refractivity contribution in [3.63, 3.8) is 0 Å². The molecule has 0 heterocycles. The van der Waals surface area contributed by atoms with Gasteiger partial charge in [0.15, 0.2) is 0 Å². The molecule has 0 atom stereocenters. The summed E-state index contributed by atoms with van der Waals surface area (Å²) in [6.45, 7) is 5.22. The van der Waals surface area contributed by atoms with Crippen LogP contribution in [0.25, 0.3) is 0 Å². The molecule has 0 aliphatic rings. The fourth-order valence-electron chi connectivity index (χ4n) is 1.36. The summed E-state index contributed by atoms with van der Waals surface area (Å²) in [6, 6.07) is 3.04. The van der Waals surface area contributed by atoms with Crippen LogP contribution in [0.4, 0.5) is 0 Å². The molecule has 6 heteroatoms. The van der Waals surface area contributed by atoms with Gasteiger partial charge in [-0.2, -0.15) is 0 Å². The third kappa shape index (κ3) is 3.73. The Bertz CT molecular complexity index is 506. The molecule has 0 saturated carbocycles. The normalized spacial score (nSPS) is 11.1. The van der Waals surface area contributed by atoms with Crippen LogP contribution in [0.15, 0.2) is 12.1 Å². The molecule has 0 aliphatic heterocycles. The van der Waals surface area contributed by atoms with Gasteiger partial charge in [0, 0.05) is 3.57 Å². The number of carboxylic acid groups (broad SMARTS) is 1. The molecule has 1 N–H and O–H groups in total. The highest BCUT2D eigenvalue weighted by Gasteiger charge is 2.23. The van der Waals surface area contributed by atoms with Gasteiger partial charge in [0.05, 0.1) is 11.1 Å². The first-order chi connectivity index (χ1) is 8.11. The Balaban J connectivity index is 3.26. The summed E-state index contributed by atoms with van der Waals surface area (Å²) in [7, 11) is 1.80. The molecule has 0 unspecified atom stereocenters. The highest BCUT2D eigenvalue weighted by Crippen LogP contribution is 2.17. The fourth-order valence-corrected chi connectivity index (χ4v) is 1.83. The Morgan fingerprint density at radius 3 is 2.28 bits per heavy atom. The Morgan fingerprint density at radius 1 is 1.28 bits per heavy atom. The lowest BCUT2D eigenvalue weighted by atomic mass is 9.92. The van der Waals surface area contributed by atoms with Gasteiger partial charge in [-0.1, -0.05) is 11.5 Å². The van der Waals surface area contributed by atoms with Crippen molar-refractivity contribution in [2.45, 2.75) is 26.4 Å². The van der Waals surface area contributed by atoms with E-state index in [2.05, 4.69) is 22.6 Å². The number of ether oxygens (including phenoxy) is 1. The first-order valence-corrected chi connectivity index (χ1v) is 6.46. The van der Waals surface area contributed by atoms with Crippen molar-refractivity contribution < 1.29 is 19.4 Å². The number of aromatic carboxylic acids is 1. The van der Waals surface area contributed by atoms with E-state index >= 15 is 0 Å². The molecule has 4 nitrogen and oxygen atoms in total. The van der Waals surface area contributed by atoms with Crippen molar-refractivity contribution in [3.8, 4) is 0 Å². The number of esters is 1. The summed E-state index contributed by atoms with van der Waals surface area (Å²) in [6.07, 6.45) is 0. The molecule has 0 spiro atoms. The van der Waals surface area contributed by atoms with Crippen molar-refractivity contribution >= 4 is 47.8 Å². The minimum Gasteiger partial charge on any atom is -0.478 e. The minimum absolute atomic E-state index is 0.0258. The van der Waals surface area contributed by atoms with Crippen LogP contribution >= 0.6 is 22.6 Å². The summed E-state index contributed by atoms with van der Waals surface area (Å²) < 4.78 is 6.04. The van der Waals surface area contributed by atoms with E-state index in [1.807, 2.05) is 0 Å². The average molecular weight is 360 g/mol. The van der Waals surface area contributed by atoms with Gasteiger partial charge in [0.1, 0.15) is 13.4 Å². The lowest BCUT2D eigenvalue weighted by molar-refractivity contribution is 0.00658. The maximum Gasteiger partial charge on any atom is 0.339 e. The molecule has 0 saturated heterocycles. The molecule has 96 valence electrons. The van der Waals surface area contributed by atoms with Crippen molar-refractivity contribution in [2.75, 3.05) is 0 Å². The van der Waals surface area contributed by atoms with Gasteiger partial charge in [0.25, 0.3) is 0 Å². The Kier molecular flexibility index (Phi) is 4.42. The van der Waals surface area contributed by atoms with Crippen molar-refractivity contribution in [3.05, 3.63) is 26.8 Å². The van der Waals surface area contributed by atoms with E-state index in [4.69, 9.17) is 9.84 Å². The topological polar surface area (TPSA) is 63.6 Å². The van der Waals surface area contributed by atoms with Crippen LogP contribution in [-0.2, 0) is 4.74 Å². The molecule has 1 aromatic carbocycles. The zero-order valence-electron chi connectivity index (χ0n) is 10.7. The van der Waals surface area contributed by atoms with Crippen LogP contribution < -0.4 is 5.46 Å². The number of rotatable bonds is 2. The number of carboxylic acids is 1. The zero-order valence-corrected chi connectivity index (χ0v) is 12.9. The van der Waals surface area contributed by atoms with Crippen LogP contribution in [0.5, 0.6) is 0 Å². The largest absolute Gasteiger partial charge is 0.478 e. The Labute approximate surface area is 120 Å². The van der Waals surface area contributed by atoms with E-state index in [1.165, 1.54) is 6.07 Å². The molecule has 0 amide bonds. The van der Waals surface area contributed by atoms with Gasteiger partial charge in [-0.05, 0) is 49.4 Å². The van der Waals surface area contributed by atoms with Gasteiger partial charge in [0.2, 0.25) is 0 Å². The summed E-state index contributed by atoms with van der Waals surface area (Å²) in [5, 5.41) is 9.12. The summed E-state index contributed by atoms with van der Waals surface area (Å²) >= 11 is 2.06. The molecule has 18 heavy (non-hydrogen) atoms. The number of benzene rings is 1. The van der Waals surface area contributed by atoms with Crippen LogP contribution in [-0.4, -0.2) is 30.5 Å². The highest BCUT2D eigenvalue weighted by molar-refractivity contribution is 14.1. The maximum atomic E-state index is 12.0. The van der Waals surface area contributed by atoms with Crippen LogP contribution in [0.1, 0.15) is 41.5 Å². The maximum absolute atomic E-state index is 12.0. The van der Waals surface area contributed by atoms with Crippen molar-refractivity contribution in [1.82, 2.24) is 0 Å². The number of halogens is 1. The fraction of sp³-hybridized carbons (Fsp3) is 0.333. The Morgan fingerprint density at radius 2 is 1.83 bits per heavy atom. The van der Waals surface area contributed by atoms with Gasteiger partial charge in [-0.15, -0.1) is 0 Å². The molecule has 0 radical (unpaired) electrons. The average Bonchev–Trinajstić information content (AvgIpc) is 2.18. The number of carbonyl (C=O) groups is 2. The molecule has 0 fully saturated rings. The molecule has 1 aromatic rings. The number of hydrogen-bond acceptors (Lipinski definition) is 3. The predicted molar refractivity (Wildman–Crippen MR) is 79.5 cm³/mol. The van der Waals surface area contributed by atoms with Crippen LogP contribution in [0, 0.1) is 3.57 Å². The van der Waals surface area contributed by atoms with Crippen LogP contribution in [0.2, 0.25) is 0 Å². The van der Waals surface area contributed by atoms with Crippen molar-refractivity contribution in [2.24, 2.45) is 0 Å². The SMILES string of the molecule is Bc1cc(C(=O)O)c(C(=O)OC(C)(C)C)cc1I. The number of carbonyl (C=O) groups excluding carboxylic acids is 1. The first kappa shape index (κ1) is 15.0. The van der Waals surface area contributed by atoms with E-state index in [0.717, 1.165) is 9.03 Å².